The normalized spacial score (nSPS) is 12.6. The molecule has 1 aromatic carbocycles. The molecule has 4 heteroatoms. The van der Waals surface area contributed by atoms with Crippen LogP contribution >= 0.6 is 11.6 Å². The summed E-state index contributed by atoms with van der Waals surface area (Å²) in [5.74, 6) is -0.103. The molecule has 0 heterocycles. The average molecular weight is 255 g/mol. The highest BCUT2D eigenvalue weighted by Gasteiger charge is 2.18. The lowest BCUT2D eigenvalue weighted by Gasteiger charge is -2.17. The van der Waals surface area contributed by atoms with E-state index in [4.69, 9.17) is 17.3 Å². The van der Waals surface area contributed by atoms with E-state index in [0.717, 1.165) is 11.1 Å². The van der Waals surface area contributed by atoms with E-state index in [0.29, 0.717) is 10.7 Å². The highest BCUT2D eigenvalue weighted by Crippen LogP contribution is 2.27. The van der Waals surface area contributed by atoms with Gasteiger partial charge in [0.05, 0.1) is 16.8 Å². The Balaban J connectivity index is 2.93. The van der Waals surface area contributed by atoms with Gasteiger partial charge in [0.25, 0.3) is 0 Å². The summed E-state index contributed by atoms with van der Waals surface area (Å²) < 4.78 is 0. The van der Waals surface area contributed by atoms with Crippen LogP contribution in [0.5, 0.6) is 0 Å². The second-order valence-corrected chi connectivity index (χ2v) is 5.10. The molecule has 0 unspecified atom stereocenters. The Bertz CT molecular complexity index is 406. The molecule has 1 atom stereocenters. The Hall–Kier alpha value is -1.06. The van der Waals surface area contributed by atoms with E-state index in [-0.39, 0.29) is 11.8 Å². The fraction of sp³-hybridized carbons (Fsp3) is 0.462. The van der Waals surface area contributed by atoms with Gasteiger partial charge < -0.3 is 11.1 Å². The third-order valence-corrected chi connectivity index (χ3v) is 3.00. The quantitative estimate of drug-likeness (QED) is 0.872. The number of benzene rings is 1. The largest absolute Gasteiger partial charge is 0.323 e. The van der Waals surface area contributed by atoms with Crippen molar-refractivity contribution >= 4 is 23.2 Å². The maximum Gasteiger partial charge on any atom is 0.241 e. The predicted octanol–water partition coefficient (Wildman–Crippen LogP) is 2.88. The number of rotatable bonds is 3. The molecule has 94 valence electrons. The molecule has 3 N–H and O–H groups in total. The molecule has 1 rings (SSSR count). The summed E-state index contributed by atoms with van der Waals surface area (Å²) in [6, 6.07) is 3.28. The van der Waals surface area contributed by atoms with Crippen molar-refractivity contribution in [3.8, 4) is 0 Å². The SMILES string of the molecule is Cc1cc(C)c(NC(=O)[C@H](N)C(C)C)c(Cl)c1. The lowest BCUT2D eigenvalue weighted by Crippen LogP contribution is -2.39. The first-order valence-corrected chi connectivity index (χ1v) is 6.04. The van der Waals surface area contributed by atoms with Gasteiger partial charge in [-0.2, -0.15) is 0 Å². The summed E-state index contributed by atoms with van der Waals surface area (Å²) in [5.41, 5.74) is 8.45. The van der Waals surface area contributed by atoms with Gasteiger partial charge in [0.15, 0.2) is 0 Å². The maximum absolute atomic E-state index is 11.8. The van der Waals surface area contributed by atoms with E-state index < -0.39 is 6.04 Å². The van der Waals surface area contributed by atoms with Gasteiger partial charge in [-0.05, 0) is 37.0 Å². The highest BCUT2D eigenvalue weighted by molar-refractivity contribution is 6.34. The second-order valence-electron chi connectivity index (χ2n) is 4.70. The first-order valence-electron chi connectivity index (χ1n) is 5.66. The van der Waals surface area contributed by atoms with Crippen LogP contribution in [0.3, 0.4) is 0 Å². The summed E-state index contributed by atoms with van der Waals surface area (Å²) in [7, 11) is 0. The third-order valence-electron chi connectivity index (χ3n) is 2.70. The molecule has 0 aromatic heterocycles. The minimum atomic E-state index is -0.522. The molecule has 0 aliphatic carbocycles. The van der Waals surface area contributed by atoms with E-state index in [2.05, 4.69) is 5.32 Å². The molecule has 0 saturated heterocycles. The number of carbonyl (C=O) groups is 1. The van der Waals surface area contributed by atoms with Crippen LogP contribution in [-0.4, -0.2) is 11.9 Å². The fourth-order valence-electron chi connectivity index (χ4n) is 1.58. The molecule has 3 nitrogen and oxygen atoms in total. The van der Waals surface area contributed by atoms with Crippen LogP contribution in [0.1, 0.15) is 25.0 Å². The lowest BCUT2D eigenvalue weighted by molar-refractivity contribution is -0.118. The van der Waals surface area contributed by atoms with Crippen LogP contribution in [0.2, 0.25) is 5.02 Å². The van der Waals surface area contributed by atoms with Gasteiger partial charge in [0.2, 0.25) is 5.91 Å². The van der Waals surface area contributed by atoms with E-state index in [1.807, 2.05) is 39.8 Å². The van der Waals surface area contributed by atoms with Gasteiger partial charge in [0.1, 0.15) is 0 Å². The Morgan fingerprint density at radius 2 is 1.94 bits per heavy atom. The van der Waals surface area contributed by atoms with Crippen LogP contribution in [0, 0.1) is 19.8 Å². The molecular formula is C13H19ClN2O. The third kappa shape index (κ3) is 3.45. The second kappa shape index (κ2) is 5.52. The van der Waals surface area contributed by atoms with E-state index >= 15 is 0 Å². The molecule has 0 spiro atoms. The molecule has 0 aliphatic rings. The zero-order chi connectivity index (χ0) is 13.2. The minimum Gasteiger partial charge on any atom is -0.323 e. The number of hydrogen-bond acceptors (Lipinski definition) is 2. The van der Waals surface area contributed by atoms with Crippen LogP contribution in [-0.2, 0) is 4.79 Å². The van der Waals surface area contributed by atoms with Crippen molar-refractivity contribution in [1.29, 1.82) is 0 Å². The van der Waals surface area contributed by atoms with Crippen LogP contribution in [0.15, 0.2) is 12.1 Å². The van der Waals surface area contributed by atoms with Crippen molar-refractivity contribution in [2.45, 2.75) is 33.7 Å². The number of nitrogens with one attached hydrogen (secondary N) is 1. The van der Waals surface area contributed by atoms with E-state index in [1.54, 1.807) is 0 Å². The zero-order valence-corrected chi connectivity index (χ0v) is 11.4. The van der Waals surface area contributed by atoms with Gasteiger partial charge >= 0.3 is 0 Å². The highest BCUT2D eigenvalue weighted by atomic mass is 35.5. The van der Waals surface area contributed by atoms with E-state index in [1.165, 1.54) is 0 Å². The van der Waals surface area contributed by atoms with Crippen molar-refractivity contribution in [3.05, 3.63) is 28.3 Å². The van der Waals surface area contributed by atoms with Gasteiger partial charge in [0, 0.05) is 0 Å². The molecule has 0 radical (unpaired) electrons. The molecule has 0 saturated carbocycles. The van der Waals surface area contributed by atoms with Gasteiger partial charge in [-0.1, -0.05) is 31.5 Å². The van der Waals surface area contributed by atoms with Gasteiger partial charge in [-0.3, -0.25) is 4.79 Å². The van der Waals surface area contributed by atoms with Gasteiger partial charge in [-0.15, -0.1) is 0 Å². The van der Waals surface area contributed by atoms with Crippen molar-refractivity contribution in [1.82, 2.24) is 0 Å². The number of carbonyl (C=O) groups excluding carboxylic acids is 1. The Morgan fingerprint density at radius 3 is 2.41 bits per heavy atom. The van der Waals surface area contributed by atoms with Crippen LogP contribution < -0.4 is 11.1 Å². The fourth-order valence-corrected chi connectivity index (χ4v) is 1.95. The van der Waals surface area contributed by atoms with Crippen molar-refractivity contribution in [2.75, 3.05) is 5.32 Å². The number of hydrogen-bond donors (Lipinski definition) is 2. The Kier molecular flexibility index (Phi) is 4.54. The number of aryl methyl sites for hydroxylation is 2. The zero-order valence-electron chi connectivity index (χ0n) is 10.7. The van der Waals surface area contributed by atoms with Crippen LogP contribution in [0.4, 0.5) is 5.69 Å². The standard InChI is InChI=1S/C13H19ClN2O/c1-7(2)11(15)13(17)16-12-9(4)5-8(3)6-10(12)14/h5-7,11H,15H2,1-4H3,(H,16,17)/t11-/m1/s1. The topological polar surface area (TPSA) is 55.1 Å². The Morgan fingerprint density at radius 1 is 1.35 bits per heavy atom. The first kappa shape index (κ1) is 14.0. The lowest BCUT2D eigenvalue weighted by atomic mass is 10.0. The smallest absolute Gasteiger partial charge is 0.241 e. The molecule has 0 fully saturated rings. The summed E-state index contributed by atoms with van der Waals surface area (Å²) >= 11 is 6.11. The Labute approximate surface area is 107 Å². The summed E-state index contributed by atoms with van der Waals surface area (Å²) in [5, 5.41) is 3.34. The molecule has 0 bridgehead atoms. The summed E-state index contributed by atoms with van der Waals surface area (Å²) in [6.07, 6.45) is 0. The van der Waals surface area contributed by atoms with Crippen molar-refractivity contribution < 1.29 is 4.79 Å². The van der Waals surface area contributed by atoms with E-state index in [9.17, 15) is 4.79 Å². The molecule has 1 amide bonds. The molecular weight excluding hydrogens is 236 g/mol. The monoisotopic (exact) mass is 254 g/mol. The molecule has 17 heavy (non-hydrogen) atoms. The maximum atomic E-state index is 11.8. The number of halogens is 1. The summed E-state index contributed by atoms with van der Waals surface area (Å²) in [6.45, 7) is 7.70. The number of amides is 1. The van der Waals surface area contributed by atoms with Gasteiger partial charge in [-0.25, -0.2) is 0 Å². The minimum absolute atomic E-state index is 0.0968. The first-order chi connectivity index (χ1) is 7.82. The van der Waals surface area contributed by atoms with Crippen molar-refractivity contribution in [3.63, 3.8) is 0 Å². The number of nitrogens with two attached hydrogens (primary N) is 1. The van der Waals surface area contributed by atoms with Crippen molar-refractivity contribution in [2.24, 2.45) is 11.7 Å². The predicted molar refractivity (Wildman–Crippen MR) is 72.4 cm³/mol. The van der Waals surface area contributed by atoms with Crippen LogP contribution in [0.25, 0.3) is 0 Å². The average Bonchev–Trinajstić information content (AvgIpc) is 2.21. The molecule has 1 aromatic rings. The molecule has 0 aliphatic heterocycles. The number of anilines is 1. The summed E-state index contributed by atoms with van der Waals surface area (Å²) in [4.78, 5) is 11.8.